The normalized spacial score (nSPS) is 14.1. The van der Waals surface area contributed by atoms with Gasteiger partial charge in [-0.1, -0.05) is 6.07 Å². The number of H-pyrrole nitrogens is 1. The third kappa shape index (κ3) is 3.44. The van der Waals surface area contributed by atoms with E-state index in [9.17, 15) is 9.59 Å². The molecule has 32 heavy (non-hydrogen) atoms. The van der Waals surface area contributed by atoms with Gasteiger partial charge in [-0.05, 0) is 35.9 Å². The van der Waals surface area contributed by atoms with Crippen molar-refractivity contribution in [3.63, 3.8) is 0 Å². The molecule has 4 aromatic rings. The summed E-state index contributed by atoms with van der Waals surface area (Å²) in [5.41, 5.74) is 9.82. The van der Waals surface area contributed by atoms with Gasteiger partial charge in [0.2, 0.25) is 5.88 Å². The molecule has 1 saturated heterocycles. The van der Waals surface area contributed by atoms with Crippen molar-refractivity contribution in [3.8, 4) is 17.0 Å². The monoisotopic (exact) mass is 429 g/mol. The zero-order chi connectivity index (χ0) is 22.2. The summed E-state index contributed by atoms with van der Waals surface area (Å²) in [7, 11) is 1.56. The number of rotatable bonds is 4. The molecule has 162 valence electrons. The second-order valence-electron chi connectivity index (χ2n) is 7.83. The van der Waals surface area contributed by atoms with Crippen LogP contribution in [0.15, 0.2) is 48.7 Å². The lowest BCUT2D eigenvalue weighted by molar-refractivity contribution is 0.0735. The summed E-state index contributed by atoms with van der Waals surface area (Å²) in [6, 6.07) is 13.0. The Morgan fingerprint density at radius 2 is 1.84 bits per heavy atom. The van der Waals surface area contributed by atoms with Gasteiger partial charge in [0.25, 0.3) is 11.8 Å². The summed E-state index contributed by atoms with van der Waals surface area (Å²) in [6.07, 6.45) is 1.70. The quantitative estimate of drug-likeness (QED) is 0.461. The molecule has 0 radical (unpaired) electrons. The lowest BCUT2D eigenvalue weighted by Gasteiger charge is -2.27. The van der Waals surface area contributed by atoms with E-state index in [0.29, 0.717) is 35.6 Å². The Morgan fingerprint density at radius 3 is 2.53 bits per heavy atom. The molecule has 3 heterocycles. The van der Waals surface area contributed by atoms with Crippen LogP contribution in [0.25, 0.3) is 32.9 Å². The first-order chi connectivity index (χ1) is 15.5. The predicted octanol–water partition coefficient (Wildman–Crippen LogP) is 2.54. The standard InChI is InChI=1S/C24H23N5O3/c1-32-21-5-3-15(13-27-21)16-10-18-17-4-2-14(24(31)29-8-6-26-7-9-29)12-20(17)28-22(18)19(11-16)23(25)30/h2-5,10-13,26,28H,6-9H2,1H3,(H2,25,30). The Kier molecular flexibility index (Phi) is 4.99. The lowest BCUT2D eigenvalue weighted by atomic mass is 9.99. The SMILES string of the molecule is COc1ccc(-c2cc(C(N)=O)c3[nH]c4cc(C(=O)N5CCNCC5)ccc4c3c2)cn1. The Morgan fingerprint density at radius 1 is 1.03 bits per heavy atom. The molecule has 0 unspecified atom stereocenters. The molecule has 1 aliphatic rings. The highest BCUT2D eigenvalue weighted by atomic mass is 16.5. The number of carbonyl (C=O) groups is 2. The third-order valence-corrected chi connectivity index (χ3v) is 5.90. The highest BCUT2D eigenvalue weighted by Crippen LogP contribution is 2.33. The minimum Gasteiger partial charge on any atom is -0.481 e. The van der Waals surface area contributed by atoms with Gasteiger partial charge in [0, 0.05) is 65.9 Å². The van der Waals surface area contributed by atoms with Crippen molar-refractivity contribution in [3.05, 3.63) is 59.8 Å². The maximum absolute atomic E-state index is 12.9. The zero-order valence-corrected chi connectivity index (χ0v) is 17.6. The van der Waals surface area contributed by atoms with Gasteiger partial charge in [0.05, 0.1) is 18.2 Å². The lowest BCUT2D eigenvalue weighted by Crippen LogP contribution is -2.46. The third-order valence-electron chi connectivity index (χ3n) is 5.90. The molecule has 1 fully saturated rings. The molecule has 0 aliphatic carbocycles. The molecule has 1 aliphatic heterocycles. The fraction of sp³-hybridized carbons (Fsp3) is 0.208. The van der Waals surface area contributed by atoms with Gasteiger partial charge >= 0.3 is 0 Å². The van der Waals surface area contributed by atoms with Gasteiger partial charge in [-0.15, -0.1) is 0 Å². The summed E-state index contributed by atoms with van der Waals surface area (Å²) < 4.78 is 5.13. The number of primary amides is 1. The number of nitrogens with one attached hydrogen (secondary N) is 2. The van der Waals surface area contributed by atoms with E-state index in [1.54, 1.807) is 25.4 Å². The highest BCUT2D eigenvalue weighted by molar-refractivity contribution is 6.17. The molecular weight excluding hydrogens is 406 g/mol. The van der Waals surface area contributed by atoms with E-state index >= 15 is 0 Å². The fourth-order valence-corrected chi connectivity index (χ4v) is 4.22. The number of hydrogen-bond acceptors (Lipinski definition) is 5. The average Bonchev–Trinajstić information content (AvgIpc) is 3.21. The van der Waals surface area contributed by atoms with Crippen molar-refractivity contribution in [1.29, 1.82) is 0 Å². The van der Waals surface area contributed by atoms with E-state index < -0.39 is 5.91 Å². The van der Waals surface area contributed by atoms with Crippen molar-refractivity contribution < 1.29 is 14.3 Å². The first kappa shape index (κ1) is 20.0. The number of aromatic nitrogens is 2. The first-order valence-corrected chi connectivity index (χ1v) is 10.4. The van der Waals surface area contributed by atoms with Crippen LogP contribution in [0.4, 0.5) is 0 Å². The second kappa shape index (κ2) is 7.97. The maximum atomic E-state index is 12.9. The molecule has 5 rings (SSSR count). The van der Waals surface area contributed by atoms with Crippen LogP contribution in [0.5, 0.6) is 5.88 Å². The van der Waals surface area contributed by atoms with E-state index in [2.05, 4.69) is 15.3 Å². The Labute approximate surface area is 184 Å². The van der Waals surface area contributed by atoms with Crippen LogP contribution >= 0.6 is 0 Å². The minimum absolute atomic E-state index is 0.00665. The van der Waals surface area contributed by atoms with E-state index in [1.807, 2.05) is 35.2 Å². The minimum atomic E-state index is -0.526. The number of carbonyl (C=O) groups excluding carboxylic acids is 2. The second-order valence-corrected chi connectivity index (χ2v) is 7.83. The molecule has 4 N–H and O–H groups in total. The summed E-state index contributed by atoms with van der Waals surface area (Å²) in [5, 5.41) is 5.04. The van der Waals surface area contributed by atoms with Crippen LogP contribution in [-0.4, -0.2) is 60.0 Å². The number of ether oxygens (including phenoxy) is 1. The average molecular weight is 429 g/mol. The van der Waals surface area contributed by atoms with Gasteiger partial charge in [-0.2, -0.15) is 0 Å². The zero-order valence-electron chi connectivity index (χ0n) is 17.6. The number of nitrogens with zero attached hydrogens (tertiary/aromatic N) is 2. The van der Waals surface area contributed by atoms with Crippen LogP contribution in [0, 0.1) is 0 Å². The van der Waals surface area contributed by atoms with Crippen LogP contribution in [-0.2, 0) is 0 Å². The smallest absolute Gasteiger partial charge is 0.254 e. The largest absolute Gasteiger partial charge is 0.481 e. The number of piperazine rings is 1. The van der Waals surface area contributed by atoms with Crippen LogP contribution < -0.4 is 15.8 Å². The molecule has 0 saturated carbocycles. The fourth-order valence-electron chi connectivity index (χ4n) is 4.22. The highest BCUT2D eigenvalue weighted by Gasteiger charge is 2.20. The molecular formula is C24H23N5O3. The van der Waals surface area contributed by atoms with Crippen molar-refractivity contribution >= 4 is 33.6 Å². The van der Waals surface area contributed by atoms with Crippen molar-refractivity contribution in [2.45, 2.75) is 0 Å². The molecule has 2 aromatic carbocycles. The first-order valence-electron chi connectivity index (χ1n) is 10.4. The van der Waals surface area contributed by atoms with Gasteiger partial charge in [-0.25, -0.2) is 4.98 Å². The van der Waals surface area contributed by atoms with Gasteiger partial charge in [0.1, 0.15) is 0 Å². The van der Waals surface area contributed by atoms with E-state index in [4.69, 9.17) is 10.5 Å². The molecule has 8 heteroatoms. The Balaban J connectivity index is 1.63. The Hall–Kier alpha value is -3.91. The van der Waals surface area contributed by atoms with Gasteiger partial charge in [-0.3, -0.25) is 9.59 Å². The molecule has 0 atom stereocenters. The maximum Gasteiger partial charge on any atom is 0.254 e. The molecule has 0 spiro atoms. The van der Waals surface area contributed by atoms with E-state index in [1.165, 1.54) is 0 Å². The number of hydrogen-bond donors (Lipinski definition) is 3. The van der Waals surface area contributed by atoms with Gasteiger partial charge < -0.3 is 25.7 Å². The number of methoxy groups -OCH3 is 1. The van der Waals surface area contributed by atoms with Crippen LogP contribution in [0.2, 0.25) is 0 Å². The summed E-state index contributed by atoms with van der Waals surface area (Å²) >= 11 is 0. The van der Waals surface area contributed by atoms with E-state index in [-0.39, 0.29) is 5.91 Å². The Bertz CT molecular complexity index is 1340. The topological polar surface area (TPSA) is 113 Å². The summed E-state index contributed by atoms with van der Waals surface area (Å²) in [4.78, 5) is 34.6. The van der Waals surface area contributed by atoms with Crippen molar-refractivity contribution in [1.82, 2.24) is 20.2 Å². The van der Waals surface area contributed by atoms with Crippen molar-refractivity contribution in [2.75, 3.05) is 33.3 Å². The predicted molar refractivity (Wildman–Crippen MR) is 123 cm³/mol. The molecule has 8 nitrogen and oxygen atoms in total. The van der Waals surface area contributed by atoms with Crippen molar-refractivity contribution in [2.24, 2.45) is 5.73 Å². The number of fused-ring (bicyclic) bond motifs is 3. The number of nitrogens with two attached hydrogens (primary N) is 1. The van der Waals surface area contributed by atoms with E-state index in [0.717, 1.165) is 40.5 Å². The molecule has 2 aromatic heterocycles. The van der Waals surface area contributed by atoms with Crippen LogP contribution in [0.1, 0.15) is 20.7 Å². The number of benzene rings is 2. The molecule has 0 bridgehead atoms. The number of pyridine rings is 1. The molecule has 2 amide bonds. The number of aromatic amines is 1. The number of amides is 2. The summed E-state index contributed by atoms with van der Waals surface area (Å²) in [6.45, 7) is 2.97. The summed E-state index contributed by atoms with van der Waals surface area (Å²) in [5.74, 6) is -0.00657. The van der Waals surface area contributed by atoms with Crippen LogP contribution in [0.3, 0.4) is 0 Å². The van der Waals surface area contributed by atoms with Gasteiger partial charge in [0.15, 0.2) is 0 Å².